The van der Waals surface area contributed by atoms with Crippen molar-refractivity contribution >= 4 is 28.5 Å². The summed E-state index contributed by atoms with van der Waals surface area (Å²) in [5.41, 5.74) is 3.67. The van der Waals surface area contributed by atoms with Gasteiger partial charge in [-0.2, -0.15) is 0 Å². The Morgan fingerprint density at radius 2 is 2.05 bits per heavy atom. The van der Waals surface area contributed by atoms with Crippen molar-refractivity contribution in [3.05, 3.63) is 59.0 Å². The topological polar surface area (TPSA) is 52.1 Å². The van der Waals surface area contributed by atoms with Gasteiger partial charge in [0.1, 0.15) is 0 Å². The van der Waals surface area contributed by atoms with Crippen molar-refractivity contribution in [1.82, 2.24) is 9.97 Å². The number of carbonyl (C=O) groups is 1. The van der Waals surface area contributed by atoms with Crippen LogP contribution in [0.15, 0.2) is 42.7 Å². The molecule has 5 heteroatoms. The molecule has 2 aromatic heterocycles. The van der Waals surface area contributed by atoms with Crippen molar-refractivity contribution in [1.29, 1.82) is 0 Å². The standard InChI is InChI=1S/C17H13ClN2O2/c1-10-15-14(9-20-16(10)17(21)22-2)13(6-7-19-15)11-4-3-5-12(18)8-11/h3-9H,1-2H3. The predicted octanol–water partition coefficient (Wildman–Crippen LogP) is 4.05. The normalized spacial score (nSPS) is 10.7. The molecule has 0 N–H and O–H groups in total. The molecule has 0 spiro atoms. The molecule has 22 heavy (non-hydrogen) atoms. The average Bonchev–Trinajstić information content (AvgIpc) is 2.54. The Morgan fingerprint density at radius 1 is 1.23 bits per heavy atom. The summed E-state index contributed by atoms with van der Waals surface area (Å²) in [5, 5.41) is 1.54. The number of rotatable bonds is 2. The van der Waals surface area contributed by atoms with Crippen LogP contribution in [0.2, 0.25) is 5.02 Å². The van der Waals surface area contributed by atoms with E-state index in [9.17, 15) is 4.79 Å². The van der Waals surface area contributed by atoms with Gasteiger partial charge in [0.2, 0.25) is 0 Å². The van der Waals surface area contributed by atoms with Gasteiger partial charge in [-0.3, -0.25) is 4.98 Å². The van der Waals surface area contributed by atoms with Crippen molar-refractivity contribution < 1.29 is 9.53 Å². The van der Waals surface area contributed by atoms with Crippen LogP contribution in [0.3, 0.4) is 0 Å². The third-order valence-corrected chi connectivity index (χ3v) is 3.77. The molecule has 3 rings (SSSR count). The SMILES string of the molecule is COC(=O)c1ncc2c(-c3cccc(Cl)c3)ccnc2c1C. The fraction of sp³-hybridized carbons (Fsp3) is 0.118. The van der Waals surface area contributed by atoms with Crippen LogP contribution in [0.25, 0.3) is 22.0 Å². The third-order valence-electron chi connectivity index (χ3n) is 3.54. The number of carbonyl (C=O) groups excluding carboxylic acids is 1. The van der Waals surface area contributed by atoms with Gasteiger partial charge in [-0.15, -0.1) is 0 Å². The number of aromatic nitrogens is 2. The lowest BCUT2D eigenvalue weighted by molar-refractivity contribution is 0.0593. The zero-order valence-electron chi connectivity index (χ0n) is 12.1. The molecule has 0 fully saturated rings. The molecule has 1 aromatic carbocycles. The number of esters is 1. The summed E-state index contributed by atoms with van der Waals surface area (Å²) in [7, 11) is 1.34. The minimum absolute atomic E-state index is 0.283. The number of benzene rings is 1. The van der Waals surface area contributed by atoms with E-state index in [1.165, 1.54) is 7.11 Å². The van der Waals surface area contributed by atoms with E-state index in [2.05, 4.69) is 9.97 Å². The number of nitrogens with zero attached hydrogens (tertiary/aromatic N) is 2. The molecule has 0 aliphatic rings. The zero-order valence-corrected chi connectivity index (χ0v) is 12.9. The van der Waals surface area contributed by atoms with Crippen LogP contribution < -0.4 is 0 Å². The molecule has 0 saturated carbocycles. The van der Waals surface area contributed by atoms with E-state index in [4.69, 9.17) is 16.3 Å². The highest BCUT2D eigenvalue weighted by Gasteiger charge is 2.16. The van der Waals surface area contributed by atoms with Gasteiger partial charge < -0.3 is 4.74 Å². The van der Waals surface area contributed by atoms with Crippen LogP contribution in [-0.2, 0) is 4.74 Å². The Bertz CT molecular complexity index is 878. The Morgan fingerprint density at radius 3 is 2.77 bits per heavy atom. The number of pyridine rings is 2. The maximum atomic E-state index is 11.7. The second-order valence-corrected chi connectivity index (χ2v) is 5.29. The van der Waals surface area contributed by atoms with Crippen LogP contribution in [-0.4, -0.2) is 23.0 Å². The lowest BCUT2D eigenvalue weighted by Crippen LogP contribution is -2.07. The van der Waals surface area contributed by atoms with Crippen LogP contribution in [0, 0.1) is 6.92 Å². The van der Waals surface area contributed by atoms with Crippen molar-refractivity contribution in [3.63, 3.8) is 0 Å². The molecule has 0 saturated heterocycles. The van der Waals surface area contributed by atoms with E-state index in [0.717, 1.165) is 22.0 Å². The first-order valence-electron chi connectivity index (χ1n) is 6.70. The highest BCUT2D eigenvalue weighted by atomic mass is 35.5. The summed E-state index contributed by atoms with van der Waals surface area (Å²) in [5.74, 6) is -0.464. The van der Waals surface area contributed by atoms with E-state index in [0.29, 0.717) is 10.6 Å². The molecule has 110 valence electrons. The van der Waals surface area contributed by atoms with Gasteiger partial charge in [0.15, 0.2) is 5.69 Å². The molecular formula is C17H13ClN2O2. The van der Waals surface area contributed by atoms with Crippen LogP contribution in [0.5, 0.6) is 0 Å². The van der Waals surface area contributed by atoms with Gasteiger partial charge in [-0.1, -0.05) is 23.7 Å². The maximum absolute atomic E-state index is 11.7. The number of ether oxygens (including phenoxy) is 1. The molecule has 0 unspecified atom stereocenters. The van der Waals surface area contributed by atoms with Crippen molar-refractivity contribution in [3.8, 4) is 11.1 Å². The molecule has 0 bridgehead atoms. The number of hydrogen-bond donors (Lipinski definition) is 0. The minimum Gasteiger partial charge on any atom is -0.464 e. The van der Waals surface area contributed by atoms with Gasteiger partial charge in [0, 0.05) is 28.4 Å². The largest absolute Gasteiger partial charge is 0.464 e. The molecular weight excluding hydrogens is 300 g/mol. The first-order chi connectivity index (χ1) is 10.6. The van der Waals surface area contributed by atoms with Gasteiger partial charge in [0.25, 0.3) is 0 Å². The maximum Gasteiger partial charge on any atom is 0.356 e. The third kappa shape index (κ3) is 2.42. The summed E-state index contributed by atoms with van der Waals surface area (Å²) in [4.78, 5) is 20.4. The van der Waals surface area contributed by atoms with Gasteiger partial charge in [-0.25, -0.2) is 9.78 Å². The molecule has 0 amide bonds. The second kappa shape index (κ2) is 5.73. The minimum atomic E-state index is -0.464. The smallest absolute Gasteiger partial charge is 0.356 e. The van der Waals surface area contributed by atoms with E-state index in [-0.39, 0.29) is 5.69 Å². The summed E-state index contributed by atoms with van der Waals surface area (Å²) in [6.45, 7) is 1.82. The van der Waals surface area contributed by atoms with Crippen LogP contribution in [0.4, 0.5) is 0 Å². The van der Waals surface area contributed by atoms with E-state index in [1.54, 1.807) is 12.4 Å². The van der Waals surface area contributed by atoms with Crippen molar-refractivity contribution in [2.75, 3.05) is 7.11 Å². The summed E-state index contributed by atoms with van der Waals surface area (Å²) < 4.78 is 4.75. The number of hydrogen-bond acceptors (Lipinski definition) is 4. The lowest BCUT2D eigenvalue weighted by atomic mass is 10.0. The molecule has 2 heterocycles. The number of methoxy groups -OCH3 is 1. The monoisotopic (exact) mass is 312 g/mol. The number of fused-ring (bicyclic) bond motifs is 1. The Labute approximate surface area is 132 Å². The fourth-order valence-electron chi connectivity index (χ4n) is 2.45. The molecule has 0 radical (unpaired) electrons. The fourth-order valence-corrected chi connectivity index (χ4v) is 2.64. The Hall–Kier alpha value is -2.46. The lowest BCUT2D eigenvalue weighted by Gasteiger charge is -2.10. The van der Waals surface area contributed by atoms with Gasteiger partial charge >= 0.3 is 5.97 Å². The molecule has 3 aromatic rings. The van der Waals surface area contributed by atoms with Gasteiger partial charge in [0.05, 0.1) is 12.6 Å². The van der Waals surface area contributed by atoms with E-state index in [1.807, 2.05) is 37.3 Å². The first kappa shape index (κ1) is 14.5. The predicted molar refractivity (Wildman–Crippen MR) is 86.1 cm³/mol. The van der Waals surface area contributed by atoms with E-state index < -0.39 is 5.97 Å². The molecule has 0 aliphatic carbocycles. The molecule has 0 atom stereocenters. The van der Waals surface area contributed by atoms with Crippen LogP contribution in [0.1, 0.15) is 16.1 Å². The van der Waals surface area contributed by atoms with Gasteiger partial charge in [-0.05, 0) is 36.2 Å². The van der Waals surface area contributed by atoms with E-state index >= 15 is 0 Å². The summed E-state index contributed by atoms with van der Waals surface area (Å²) >= 11 is 6.07. The number of halogens is 1. The first-order valence-corrected chi connectivity index (χ1v) is 7.08. The second-order valence-electron chi connectivity index (χ2n) is 4.85. The van der Waals surface area contributed by atoms with Crippen molar-refractivity contribution in [2.24, 2.45) is 0 Å². The van der Waals surface area contributed by atoms with Crippen LogP contribution >= 0.6 is 11.6 Å². The summed E-state index contributed by atoms with van der Waals surface area (Å²) in [6, 6.07) is 9.50. The highest BCUT2D eigenvalue weighted by molar-refractivity contribution is 6.30. The average molecular weight is 313 g/mol. The van der Waals surface area contributed by atoms with Crippen molar-refractivity contribution in [2.45, 2.75) is 6.92 Å². The molecule has 0 aliphatic heterocycles. The molecule has 4 nitrogen and oxygen atoms in total. The zero-order chi connectivity index (χ0) is 15.7. The summed E-state index contributed by atoms with van der Waals surface area (Å²) in [6.07, 6.45) is 3.37. The Balaban J connectivity index is 2.27. The quantitative estimate of drug-likeness (QED) is 0.670. The highest BCUT2D eigenvalue weighted by Crippen LogP contribution is 2.30. The Kier molecular flexibility index (Phi) is 3.77. The number of aryl methyl sites for hydroxylation is 1.